The van der Waals surface area contributed by atoms with Crippen LogP contribution in [0.25, 0.3) is 77.1 Å². The molecule has 4 heteroatoms. The fourth-order valence-corrected chi connectivity index (χ4v) is 7.62. The minimum atomic E-state index is -0.634. The molecule has 52 heavy (non-hydrogen) atoms. The van der Waals surface area contributed by atoms with Crippen LogP contribution >= 0.6 is 0 Å². The Balaban J connectivity index is 0.000000150. The first-order chi connectivity index (χ1) is 25.2. The van der Waals surface area contributed by atoms with Crippen molar-refractivity contribution in [1.29, 1.82) is 0 Å². The predicted molar refractivity (Wildman–Crippen MR) is 211 cm³/mol. The van der Waals surface area contributed by atoms with E-state index in [0.717, 1.165) is 50.0 Å². The molecule has 1 radical (unpaired) electrons. The van der Waals surface area contributed by atoms with Crippen LogP contribution in [0, 0.1) is 12.1 Å². The Kier molecular flexibility index (Phi) is 8.30. The third-order valence-corrected chi connectivity index (χ3v) is 10.3. The summed E-state index contributed by atoms with van der Waals surface area (Å²) in [6.45, 7) is 8.39. The second kappa shape index (κ2) is 13.3. The average Bonchev–Trinajstić information content (AvgIpc) is 3.65. The third-order valence-electron chi connectivity index (χ3n) is 10.3. The van der Waals surface area contributed by atoms with Gasteiger partial charge in [-0.2, -0.15) is 0 Å². The molecule has 10 rings (SSSR count). The van der Waals surface area contributed by atoms with Crippen molar-refractivity contribution in [1.82, 2.24) is 9.97 Å². The molecule has 0 bridgehead atoms. The van der Waals surface area contributed by atoms with Crippen LogP contribution in [-0.2, 0) is 25.5 Å². The second-order valence-electron chi connectivity index (χ2n) is 14.0. The van der Waals surface area contributed by atoms with Crippen molar-refractivity contribution in [2.24, 2.45) is 0 Å². The summed E-state index contributed by atoms with van der Waals surface area (Å²) in [4.78, 5) is 8.97. The number of hydrogen-bond acceptors (Lipinski definition) is 3. The largest absolute Gasteiger partial charge is 0.501 e. The maximum Gasteiger partial charge on any atom is 0.121 e. The van der Waals surface area contributed by atoms with E-state index in [1.165, 1.54) is 43.8 Å². The van der Waals surface area contributed by atoms with E-state index in [1.54, 1.807) is 12.4 Å². The molecule has 1 aliphatic carbocycles. The predicted octanol–water partition coefficient (Wildman–Crippen LogP) is 12.7. The van der Waals surface area contributed by atoms with Crippen LogP contribution in [-0.4, -0.2) is 9.97 Å². The Labute approximate surface area is 319 Å². The normalized spacial score (nSPS) is 13.3. The van der Waals surface area contributed by atoms with Gasteiger partial charge in [-0.05, 0) is 69.2 Å². The SMILES string of the molecule is CC1(C)c2ccccc2-c2cc3oc4c(-c5ccccn5)[c-]ccc4c3cc21.[2H]C(C)(C)c1ccnc(-c2[c-]cc3c(ccc4ccccc43)c2)c1.[Ir]. The maximum atomic E-state index is 8.22. The van der Waals surface area contributed by atoms with Gasteiger partial charge in [0.2, 0.25) is 0 Å². The van der Waals surface area contributed by atoms with Crippen LogP contribution in [0.4, 0.5) is 0 Å². The van der Waals surface area contributed by atoms with E-state index in [4.69, 9.17) is 5.79 Å². The quantitative estimate of drug-likeness (QED) is 0.131. The number of hydrogen-bond donors (Lipinski definition) is 0. The van der Waals surface area contributed by atoms with Crippen LogP contribution in [0.3, 0.4) is 0 Å². The first-order valence-corrected chi connectivity index (χ1v) is 17.4. The molecule has 0 saturated carbocycles. The van der Waals surface area contributed by atoms with Gasteiger partial charge in [-0.15, -0.1) is 47.3 Å². The monoisotopic (exact) mass is 850 g/mol. The molecule has 0 saturated heterocycles. The Morgan fingerprint density at radius 3 is 2.29 bits per heavy atom. The first kappa shape index (κ1) is 32.5. The summed E-state index contributed by atoms with van der Waals surface area (Å²) in [6.07, 6.45) is 3.58. The minimum absolute atomic E-state index is 0. The molecule has 0 N–H and O–H groups in total. The maximum absolute atomic E-state index is 8.22. The van der Waals surface area contributed by atoms with Crippen LogP contribution in [0.2, 0.25) is 0 Å². The van der Waals surface area contributed by atoms with Crippen molar-refractivity contribution in [2.75, 3.05) is 0 Å². The Hall–Kier alpha value is -5.41. The van der Waals surface area contributed by atoms with Gasteiger partial charge in [0.15, 0.2) is 0 Å². The number of benzene rings is 6. The van der Waals surface area contributed by atoms with E-state index in [2.05, 4.69) is 121 Å². The minimum Gasteiger partial charge on any atom is -0.501 e. The van der Waals surface area contributed by atoms with Gasteiger partial charge >= 0.3 is 0 Å². The van der Waals surface area contributed by atoms with Gasteiger partial charge in [0.1, 0.15) is 5.58 Å². The molecule has 3 nitrogen and oxygen atoms in total. The summed E-state index contributed by atoms with van der Waals surface area (Å²) < 4.78 is 14.6. The number of furan rings is 1. The van der Waals surface area contributed by atoms with E-state index in [0.29, 0.717) is 0 Å². The van der Waals surface area contributed by atoms with Crippen molar-refractivity contribution in [2.45, 2.75) is 39.0 Å². The fourth-order valence-electron chi connectivity index (χ4n) is 7.62. The Morgan fingerprint density at radius 2 is 1.44 bits per heavy atom. The van der Waals surface area contributed by atoms with Gasteiger partial charge in [0.25, 0.3) is 0 Å². The van der Waals surface area contributed by atoms with Crippen molar-refractivity contribution >= 4 is 43.5 Å². The molecular formula is C48H36IrN2O-2. The summed E-state index contributed by atoms with van der Waals surface area (Å²) in [5, 5.41) is 7.13. The molecule has 0 atom stereocenters. The summed E-state index contributed by atoms with van der Waals surface area (Å²) in [7, 11) is 0. The zero-order valence-corrected chi connectivity index (χ0v) is 31.8. The van der Waals surface area contributed by atoms with E-state index < -0.39 is 5.89 Å². The zero-order chi connectivity index (χ0) is 35.6. The number of pyridine rings is 2. The summed E-state index contributed by atoms with van der Waals surface area (Å²) in [5.74, 6) is -0.634. The van der Waals surface area contributed by atoms with E-state index in [9.17, 15) is 0 Å². The molecule has 0 fully saturated rings. The number of fused-ring (bicyclic) bond motifs is 9. The van der Waals surface area contributed by atoms with Gasteiger partial charge in [-0.3, -0.25) is 0 Å². The van der Waals surface area contributed by atoms with Gasteiger partial charge < -0.3 is 14.4 Å². The van der Waals surface area contributed by atoms with Crippen molar-refractivity contribution in [3.05, 3.63) is 169 Å². The van der Waals surface area contributed by atoms with Gasteiger partial charge in [0, 0.05) is 44.7 Å². The number of rotatable bonds is 3. The number of aromatic nitrogens is 2. The van der Waals surface area contributed by atoms with E-state index in [-0.39, 0.29) is 25.5 Å². The summed E-state index contributed by atoms with van der Waals surface area (Å²) >= 11 is 0. The molecule has 255 valence electrons. The summed E-state index contributed by atoms with van der Waals surface area (Å²) in [5.41, 5.74) is 11.6. The van der Waals surface area contributed by atoms with Gasteiger partial charge in [-0.25, -0.2) is 0 Å². The second-order valence-corrected chi connectivity index (χ2v) is 14.0. The molecule has 3 aromatic heterocycles. The molecule has 1 aliphatic rings. The summed E-state index contributed by atoms with van der Waals surface area (Å²) in [6, 6.07) is 50.7. The van der Waals surface area contributed by atoms with Crippen LogP contribution in [0.5, 0.6) is 0 Å². The molecule has 9 aromatic rings. The fraction of sp³-hybridized carbons (Fsp3) is 0.125. The zero-order valence-electron chi connectivity index (χ0n) is 30.4. The Morgan fingerprint density at radius 1 is 0.654 bits per heavy atom. The first-order valence-electron chi connectivity index (χ1n) is 17.9. The molecule has 0 unspecified atom stereocenters. The average molecular weight is 850 g/mol. The molecular weight excluding hydrogens is 813 g/mol. The molecule has 0 amide bonds. The van der Waals surface area contributed by atoms with Crippen molar-refractivity contribution in [3.8, 4) is 33.6 Å². The molecule has 0 aliphatic heterocycles. The number of nitrogens with zero attached hydrogens (tertiary/aromatic N) is 2. The van der Waals surface area contributed by atoms with Gasteiger partial charge in [-0.1, -0.05) is 134 Å². The smallest absolute Gasteiger partial charge is 0.121 e. The molecule has 0 spiro atoms. The molecule has 6 aromatic carbocycles. The molecule has 3 heterocycles. The van der Waals surface area contributed by atoms with Crippen LogP contribution < -0.4 is 0 Å². The van der Waals surface area contributed by atoms with Crippen molar-refractivity contribution < 1.29 is 25.9 Å². The van der Waals surface area contributed by atoms with Crippen molar-refractivity contribution in [3.63, 3.8) is 0 Å². The van der Waals surface area contributed by atoms with Crippen LogP contribution in [0.1, 0.15) is 51.7 Å². The Bertz CT molecular complexity index is 2820. The third kappa shape index (κ3) is 5.64. The van der Waals surface area contributed by atoms with Gasteiger partial charge in [0.05, 0.1) is 5.58 Å². The van der Waals surface area contributed by atoms with E-state index >= 15 is 0 Å². The topological polar surface area (TPSA) is 38.9 Å². The standard InChI is InChI=1S/C26H18NO.C22H18N.Ir/c1-26(2)21-11-4-3-8-16(21)19-15-24-20(14-22(19)26)17-9-7-10-18(25(17)28-24)23-12-5-6-13-27-23;1-15(2)17-11-12-23-22(14-17)19-9-10-21-18(13-19)8-7-16-5-3-4-6-20(16)21;/h3-9,11-15H,1-2H3;3-8,10-15H,1-2H3;/q2*-1;/i;15D;. The van der Waals surface area contributed by atoms with Crippen LogP contribution in [0.15, 0.2) is 144 Å². The van der Waals surface area contributed by atoms with E-state index in [1.807, 2.05) is 56.3 Å².